The Morgan fingerprint density at radius 2 is 2.17 bits per heavy atom. The van der Waals surface area contributed by atoms with Crippen molar-refractivity contribution < 1.29 is 9.84 Å². The van der Waals surface area contributed by atoms with E-state index in [4.69, 9.17) is 9.84 Å². The molecule has 0 unspecified atom stereocenters. The minimum absolute atomic E-state index is 0.0870. The van der Waals surface area contributed by atoms with Crippen LogP contribution in [0.5, 0.6) is 0 Å². The number of methoxy groups -OCH3 is 1. The van der Waals surface area contributed by atoms with Crippen molar-refractivity contribution >= 4 is 11.6 Å². The maximum absolute atomic E-state index is 9.12. The Morgan fingerprint density at radius 3 is 2.78 bits per heavy atom. The van der Waals surface area contributed by atoms with Crippen LogP contribution in [0, 0.1) is 6.92 Å². The fourth-order valence-electron chi connectivity index (χ4n) is 1.75. The Morgan fingerprint density at radius 1 is 1.39 bits per heavy atom. The van der Waals surface area contributed by atoms with Crippen molar-refractivity contribution in [2.75, 3.05) is 50.2 Å². The lowest BCUT2D eigenvalue weighted by Gasteiger charge is -2.24. The summed E-state index contributed by atoms with van der Waals surface area (Å²) in [5.41, 5.74) is 0.990. The Balaban J connectivity index is 2.92. The van der Waals surface area contributed by atoms with Crippen molar-refractivity contribution in [2.45, 2.75) is 13.8 Å². The summed E-state index contributed by atoms with van der Waals surface area (Å²) in [6.07, 6.45) is 1.54. The van der Waals surface area contributed by atoms with Crippen molar-refractivity contribution in [3.8, 4) is 0 Å². The zero-order valence-corrected chi connectivity index (χ0v) is 11.3. The Labute approximate surface area is 108 Å². The number of aliphatic hydroxyl groups excluding tert-OH is 1. The van der Waals surface area contributed by atoms with E-state index in [9.17, 15) is 0 Å². The predicted octanol–water partition coefficient (Wildman–Crippen LogP) is 0.662. The van der Waals surface area contributed by atoms with Gasteiger partial charge < -0.3 is 20.1 Å². The molecule has 2 N–H and O–H groups in total. The number of ether oxygens (including phenoxy) is 1. The highest BCUT2D eigenvalue weighted by Gasteiger charge is 2.13. The van der Waals surface area contributed by atoms with Gasteiger partial charge in [0, 0.05) is 32.3 Å². The zero-order chi connectivity index (χ0) is 13.4. The van der Waals surface area contributed by atoms with Crippen LogP contribution in [0.25, 0.3) is 0 Å². The van der Waals surface area contributed by atoms with Crippen molar-refractivity contribution in [3.63, 3.8) is 0 Å². The third-order valence-corrected chi connectivity index (χ3v) is 2.64. The number of rotatable bonds is 8. The Kier molecular flexibility index (Phi) is 6.38. The summed E-state index contributed by atoms with van der Waals surface area (Å²) in [4.78, 5) is 10.5. The van der Waals surface area contributed by atoms with Gasteiger partial charge in [-0.2, -0.15) is 0 Å². The van der Waals surface area contributed by atoms with Gasteiger partial charge in [-0.15, -0.1) is 0 Å². The van der Waals surface area contributed by atoms with Gasteiger partial charge in [0.25, 0.3) is 0 Å². The molecule has 1 heterocycles. The number of aliphatic hydroxyl groups is 1. The molecule has 0 bridgehead atoms. The number of nitrogens with one attached hydrogen (secondary N) is 1. The Hall–Kier alpha value is -1.40. The van der Waals surface area contributed by atoms with Crippen LogP contribution < -0.4 is 10.2 Å². The molecule has 0 amide bonds. The molecule has 0 spiro atoms. The highest BCUT2D eigenvalue weighted by molar-refractivity contribution is 5.57. The Bertz CT molecular complexity index is 360. The molecule has 0 aliphatic rings. The van der Waals surface area contributed by atoms with Crippen LogP contribution in [-0.2, 0) is 4.74 Å². The van der Waals surface area contributed by atoms with Gasteiger partial charge >= 0.3 is 0 Å². The first kappa shape index (κ1) is 14.7. The van der Waals surface area contributed by atoms with E-state index in [0.29, 0.717) is 19.7 Å². The first-order chi connectivity index (χ1) is 8.74. The third-order valence-electron chi connectivity index (χ3n) is 2.64. The van der Waals surface area contributed by atoms with E-state index < -0.39 is 0 Å². The summed E-state index contributed by atoms with van der Waals surface area (Å²) < 4.78 is 5.08. The van der Waals surface area contributed by atoms with E-state index in [2.05, 4.69) is 15.3 Å². The van der Waals surface area contributed by atoms with Crippen LogP contribution in [-0.4, -0.2) is 55.0 Å². The lowest BCUT2D eigenvalue weighted by atomic mass is 10.2. The molecule has 0 aliphatic carbocycles. The molecule has 0 saturated carbocycles. The number of anilines is 2. The minimum Gasteiger partial charge on any atom is -0.395 e. The van der Waals surface area contributed by atoms with Gasteiger partial charge in [-0.25, -0.2) is 9.97 Å². The lowest BCUT2D eigenvalue weighted by Crippen LogP contribution is -2.31. The van der Waals surface area contributed by atoms with Crippen molar-refractivity contribution in [1.82, 2.24) is 9.97 Å². The van der Waals surface area contributed by atoms with E-state index in [1.807, 2.05) is 18.7 Å². The largest absolute Gasteiger partial charge is 0.395 e. The van der Waals surface area contributed by atoms with Gasteiger partial charge in [0.2, 0.25) is 0 Å². The number of hydrogen-bond donors (Lipinski definition) is 2. The molecule has 1 rings (SSSR count). The first-order valence-electron chi connectivity index (χ1n) is 6.14. The third kappa shape index (κ3) is 3.82. The predicted molar refractivity (Wildman–Crippen MR) is 72.1 cm³/mol. The lowest BCUT2D eigenvalue weighted by molar-refractivity contribution is 0.202. The molecule has 0 radical (unpaired) electrons. The summed E-state index contributed by atoms with van der Waals surface area (Å²) >= 11 is 0. The standard InChI is InChI=1S/C12H22N4O2/c1-4-13-11-10(2)12(15-9-14-11)16(5-7-17)6-8-18-3/h9,17H,4-8H2,1-3H3,(H,13,14,15). The molecule has 0 aromatic carbocycles. The van der Waals surface area contributed by atoms with Crippen molar-refractivity contribution in [2.24, 2.45) is 0 Å². The molecule has 18 heavy (non-hydrogen) atoms. The van der Waals surface area contributed by atoms with Gasteiger partial charge in [0.15, 0.2) is 0 Å². The molecule has 102 valence electrons. The van der Waals surface area contributed by atoms with Crippen LogP contribution in [0.3, 0.4) is 0 Å². The summed E-state index contributed by atoms with van der Waals surface area (Å²) in [5, 5.41) is 12.3. The normalized spacial score (nSPS) is 10.4. The fourth-order valence-corrected chi connectivity index (χ4v) is 1.75. The second-order valence-electron chi connectivity index (χ2n) is 3.90. The number of hydrogen-bond acceptors (Lipinski definition) is 6. The van der Waals surface area contributed by atoms with Crippen molar-refractivity contribution in [3.05, 3.63) is 11.9 Å². The molecule has 1 aromatic heterocycles. The first-order valence-corrected chi connectivity index (χ1v) is 6.14. The van der Waals surface area contributed by atoms with E-state index in [0.717, 1.165) is 23.7 Å². The van der Waals surface area contributed by atoms with Gasteiger partial charge in [-0.05, 0) is 13.8 Å². The van der Waals surface area contributed by atoms with E-state index in [-0.39, 0.29) is 6.61 Å². The van der Waals surface area contributed by atoms with Crippen LogP contribution in [0.2, 0.25) is 0 Å². The van der Waals surface area contributed by atoms with Gasteiger partial charge in [0.1, 0.15) is 18.0 Å². The quantitative estimate of drug-likeness (QED) is 0.710. The molecule has 1 aromatic rings. The zero-order valence-electron chi connectivity index (χ0n) is 11.3. The summed E-state index contributed by atoms with van der Waals surface area (Å²) in [6.45, 7) is 6.73. The molecule has 0 aliphatic heterocycles. The SMILES string of the molecule is CCNc1ncnc(N(CCO)CCOC)c1C. The number of aromatic nitrogens is 2. The second kappa shape index (κ2) is 7.84. The molecular weight excluding hydrogens is 232 g/mol. The molecule has 0 atom stereocenters. The van der Waals surface area contributed by atoms with Crippen LogP contribution in [0.4, 0.5) is 11.6 Å². The number of nitrogens with zero attached hydrogens (tertiary/aromatic N) is 3. The monoisotopic (exact) mass is 254 g/mol. The molecule has 0 saturated heterocycles. The minimum atomic E-state index is 0.0870. The molecule has 6 nitrogen and oxygen atoms in total. The van der Waals surface area contributed by atoms with Crippen LogP contribution >= 0.6 is 0 Å². The van der Waals surface area contributed by atoms with Gasteiger partial charge in [-0.1, -0.05) is 0 Å². The van der Waals surface area contributed by atoms with E-state index >= 15 is 0 Å². The van der Waals surface area contributed by atoms with Crippen molar-refractivity contribution in [1.29, 1.82) is 0 Å². The second-order valence-corrected chi connectivity index (χ2v) is 3.90. The maximum atomic E-state index is 9.12. The topological polar surface area (TPSA) is 70.5 Å². The average molecular weight is 254 g/mol. The summed E-state index contributed by atoms with van der Waals surface area (Å²) in [7, 11) is 1.66. The van der Waals surface area contributed by atoms with E-state index in [1.54, 1.807) is 7.11 Å². The molecule has 6 heteroatoms. The van der Waals surface area contributed by atoms with Crippen LogP contribution in [0.1, 0.15) is 12.5 Å². The summed E-state index contributed by atoms with van der Waals surface area (Å²) in [6, 6.07) is 0. The fraction of sp³-hybridized carbons (Fsp3) is 0.667. The van der Waals surface area contributed by atoms with E-state index in [1.165, 1.54) is 6.33 Å². The molecule has 0 fully saturated rings. The van der Waals surface area contributed by atoms with Gasteiger partial charge in [-0.3, -0.25) is 0 Å². The van der Waals surface area contributed by atoms with Gasteiger partial charge in [0.05, 0.1) is 13.2 Å². The highest BCUT2D eigenvalue weighted by Crippen LogP contribution is 2.21. The van der Waals surface area contributed by atoms with Crippen LogP contribution in [0.15, 0.2) is 6.33 Å². The summed E-state index contributed by atoms with van der Waals surface area (Å²) in [5.74, 6) is 1.68. The molecular formula is C12H22N4O2. The average Bonchev–Trinajstić information content (AvgIpc) is 2.38. The smallest absolute Gasteiger partial charge is 0.137 e. The maximum Gasteiger partial charge on any atom is 0.137 e. The highest BCUT2D eigenvalue weighted by atomic mass is 16.5.